The Morgan fingerprint density at radius 1 is 0.824 bits per heavy atom. The van der Waals surface area contributed by atoms with Crippen molar-refractivity contribution < 1.29 is 19.2 Å². The number of nitrogens with zero attached hydrogens (tertiary/aromatic N) is 1. The predicted octanol–water partition coefficient (Wildman–Crippen LogP) is 3.92. The van der Waals surface area contributed by atoms with Gasteiger partial charge in [0, 0.05) is 22.2 Å². The molecular formula is C27H19ClN2O4. The van der Waals surface area contributed by atoms with Crippen LogP contribution in [0, 0.1) is 18.8 Å². The Labute approximate surface area is 200 Å². The standard InChI is InChI=1S/C27H19ClN2O4/c1-14-11-12-16(13-19(14)28)30-25(33)20-21(26(30)34)27(29-22(20)15-7-3-2-4-8-15)23(31)17-9-5-6-10-18(17)24(27)32/h2-13,20-22,29H,1H3/t20-,21-,22?/m1/s1. The van der Waals surface area contributed by atoms with E-state index < -0.39 is 46.8 Å². The molecule has 2 amide bonds. The van der Waals surface area contributed by atoms with Crippen LogP contribution in [0.3, 0.4) is 0 Å². The van der Waals surface area contributed by atoms with Crippen LogP contribution < -0.4 is 10.2 Å². The minimum absolute atomic E-state index is 0.268. The molecule has 0 radical (unpaired) electrons. The molecule has 2 saturated heterocycles. The number of hydrogen-bond acceptors (Lipinski definition) is 5. The zero-order chi connectivity index (χ0) is 23.8. The van der Waals surface area contributed by atoms with Gasteiger partial charge in [-0.2, -0.15) is 0 Å². The molecule has 2 heterocycles. The van der Waals surface area contributed by atoms with E-state index in [4.69, 9.17) is 11.6 Å². The van der Waals surface area contributed by atoms with E-state index in [2.05, 4.69) is 5.32 Å². The molecule has 2 fully saturated rings. The van der Waals surface area contributed by atoms with Gasteiger partial charge in [0.1, 0.15) is 0 Å². The van der Waals surface area contributed by atoms with Gasteiger partial charge in [-0.1, -0.05) is 72.3 Å². The third kappa shape index (κ3) is 2.55. The summed E-state index contributed by atoms with van der Waals surface area (Å²) in [5, 5.41) is 3.61. The first-order valence-electron chi connectivity index (χ1n) is 11.0. The van der Waals surface area contributed by atoms with Crippen LogP contribution in [0.2, 0.25) is 5.02 Å². The number of carbonyl (C=O) groups is 4. The maximum Gasteiger partial charge on any atom is 0.240 e. The smallest absolute Gasteiger partial charge is 0.240 e. The Kier molecular flexibility index (Phi) is 4.43. The molecular weight excluding hydrogens is 452 g/mol. The predicted molar refractivity (Wildman–Crippen MR) is 126 cm³/mol. The number of carbonyl (C=O) groups excluding carboxylic acids is 4. The monoisotopic (exact) mass is 470 g/mol. The summed E-state index contributed by atoms with van der Waals surface area (Å²) in [6, 6.07) is 20.0. The second-order valence-corrected chi connectivity index (χ2v) is 9.40. The summed E-state index contributed by atoms with van der Waals surface area (Å²) in [6.45, 7) is 1.83. The third-order valence-electron chi connectivity index (χ3n) is 7.26. The molecule has 1 N–H and O–H groups in total. The van der Waals surface area contributed by atoms with E-state index in [0.29, 0.717) is 10.7 Å². The van der Waals surface area contributed by atoms with Crippen molar-refractivity contribution in [3.63, 3.8) is 0 Å². The Balaban J connectivity index is 1.55. The highest BCUT2D eigenvalue weighted by Crippen LogP contribution is 2.53. The molecule has 7 heteroatoms. The van der Waals surface area contributed by atoms with E-state index in [1.54, 1.807) is 42.5 Å². The molecule has 0 saturated carbocycles. The maximum atomic E-state index is 13.9. The number of imide groups is 1. The van der Waals surface area contributed by atoms with Crippen molar-refractivity contribution in [2.75, 3.05) is 4.90 Å². The number of halogens is 1. The minimum Gasteiger partial charge on any atom is -0.291 e. The summed E-state index contributed by atoms with van der Waals surface area (Å²) in [7, 11) is 0. The fraction of sp³-hybridized carbons (Fsp3) is 0.185. The van der Waals surface area contributed by atoms with Crippen molar-refractivity contribution in [3.8, 4) is 0 Å². The summed E-state index contributed by atoms with van der Waals surface area (Å²) in [5.74, 6) is -4.05. The lowest BCUT2D eigenvalue weighted by Gasteiger charge is -2.28. The van der Waals surface area contributed by atoms with E-state index in [1.165, 1.54) is 0 Å². The number of benzene rings is 3. The van der Waals surface area contributed by atoms with Crippen LogP contribution >= 0.6 is 11.6 Å². The molecule has 3 aromatic rings. The van der Waals surface area contributed by atoms with Crippen LogP contribution in [0.15, 0.2) is 72.8 Å². The molecule has 34 heavy (non-hydrogen) atoms. The Morgan fingerprint density at radius 2 is 1.44 bits per heavy atom. The van der Waals surface area contributed by atoms with Gasteiger partial charge in [0.2, 0.25) is 11.8 Å². The number of ketones is 2. The molecule has 0 aromatic heterocycles. The number of anilines is 1. The lowest BCUT2D eigenvalue weighted by molar-refractivity contribution is -0.123. The van der Waals surface area contributed by atoms with Gasteiger partial charge in [-0.3, -0.25) is 24.5 Å². The first-order valence-corrected chi connectivity index (χ1v) is 11.4. The molecule has 1 aliphatic carbocycles. The maximum absolute atomic E-state index is 13.9. The van der Waals surface area contributed by atoms with Gasteiger partial charge in [0.15, 0.2) is 17.1 Å². The molecule has 0 bridgehead atoms. The minimum atomic E-state index is -1.83. The molecule has 1 spiro atoms. The largest absolute Gasteiger partial charge is 0.291 e. The zero-order valence-electron chi connectivity index (χ0n) is 18.1. The quantitative estimate of drug-likeness (QED) is 0.453. The number of fused-ring (bicyclic) bond motifs is 3. The van der Waals surface area contributed by atoms with E-state index in [9.17, 15) is 19.2 Å². The fourth-order valence-corrected chi connectivity index (χ4v) is 5.83. The summed E-state index contributed by atoms with van der Waals surface area (Å²) >= 11 is 6.29. The number of nitrogens with one attached hydrogen (secondary N) is 1. The Morgan fingerprint density at radius 3 is 2.06 bits per heavy atom. The topological polar surface area (TPSA) is 83.6 Å². The molecule has 3 aromatic carbocycles. The van der Waals surface area contributed by atoms with E-state index in [0.717, 1.165) is 16.0 Å². The molecule has 168 valence electrons. The first-order chi connectivity index (χ1) is 16.4. The normalized spacial score (nSPS) is 24.8. The van der Waals surface area contributed by atoms with E-state index in [-0.39, 0.29) is 11.1 Å². The lowest BCUT2D eigenvalue weighted by atomic mass is 9.76. The molecule has 3 aliphatic rings. The molecule has 6 nitrogen and oxygen atoms in total. The van der Waals surface area contributed by atoms with Crippen molar-refractivity contribution in [2.24, 2.45) is 11.8 Å². The van der Waals surface area contributed by atoms with Crippen LogP contribution in [-0.2, 0) is 9.59 Å². The lowest BCUT2D eigenvalue weighted by Crippen LogP contribution is -2.58. The summed E-state index contributed by atoms with van der Waals surface area (Å²) < 4.78 is 0. The van der Waals surface area contributed by atoms with Crippen LogP contribution in [0.4, 0.5) is 5.69 Å². The summed E-state index contributed by atoms with van der Waals surface area (Å²) in [6.07, 6.45) is 0. The number of amides is 2. The van der Waals surface area contributed by atoms with Gasteiger partial charge in [0.05, 0.1) is 17.5 Å². The van der Waals surface area contributed by atoms with Crippen LogP contribution in [0.1, 0.15) is 37.9 Å². The number of aryl methyl sites for hydroxylation is 1. The first kappa shape index (κ1) is 21.0. The van der Waals surface area contributed by atoms with Crippen molar-refractivity contribution in [2.45, 2.75) is 18.5 Å². The van der Waals surface area contributed by atoms with Crippen LogP contribution in [0.5, 0.6) is 0 Å². The van der Waals surface area contributed by atoms with Crippen molar-refractivity contribution in [1.29, 1.82) is 0 Å². The van der Waals surface area contributed by atoms with Crippen molar-refractivity contribution >= 4 is 40.7 Å². The van der Waals surface area contributed by atoms with Gasteiger partial charge in [0.25, 0.3) is 0 Å². The number of Topliss-reactive ketones (excluding diaryl/α,β-unsaturated/α-hetero) is 2. The summed E-state index contributed by atoms with van der Waals surface area (Å²) in [4.78, 5) is 56.3. The molecule has 3 atom stereocenters. The van der Waals surface area contributed by atoms with Gasteiger partial charge < -0.3 is 0 Å². The molecule has 2 aliphatic heterocycles. The van der Waals surface area contributed by atoms with E-state index in [1.807, 2.05) is 37.3 Å². The highest BCUT2D eigenvalue weighted by molar-refractivity contribution is 6.38. The van der Waals surface area contributed by atoms with Crippen LogP contribution in [0.25, 0.3) is 0 Å². The van der Waals surface area contributed by atoms with Gasteiger partial charge in [-0.15, -0.1) is 0 Å². The van der Waals surface area contributed by atoms with Crippen LogP contribution in [-0.4, -0.2) is 28.9 Å². The number of hydrogen-bond donors (Lipinski definition) is 1. The zero-order valence-corrected chi connectivity index (χ0v) is 18.9. The fourth-order valence-electron chi connectivity index (χ4n) is 5.65. The SMILES string of the molecule is Cc1ccc(N2C(=O)[C@H]3C(c4ccccc4)NC4(C(=O)c5ccccc5C4=O)[C@H]3C2=O)cc1Cl. The van der Waals surface area contributed by atoms with E-state index >= 15 is 0 Å². The van der Waals surface area contributed by atoms with Gasteiger partial charge in [-0.25, -0.2) is 4.90 Å². The van der Waals surface area contributed by atoms with Gasteiger partial charge in [-0.05, 0) is 30.2 Å². The molecule has 1 unspecified atom stereocenters. The van der Waals surface area contributed by atoms with Gasteiger partial charge >= 0.3 is 0 Å². The Hall–Kier alpha value is -3.61. The average Bonchev–Trinajstić information content (AvgIpc) is 3.42. The Bertz CT molecular complexity index is 1380. The highest BCUT2D eigenvalue weighted by Gasteiger charge is 2.73. The number of rotatable bonds is 2. The second-order valence-electron chi connectivity index (χ2n) is 8.99. The highest BCUT2D eigenvalue weighted by atomic mass is 35.5. The molecule has 6 rings (SSSR count). The van der Waals surface area contributed by atoms with Crippen molar-refractivity contribution in [3.05, 3.63) is 100 Å². The second kappa shape index (κ2) is 7.19. The average molecular weight is 471 g/mol. The summed E-state index contributed by atoms with van der Waals surface area (Å²) in [5.41, 5.74) is 0.578. The van der Waals surface area contributed by atoms with Crippen molar-refractivity contribution in [1.82, 2.24) is 5.32 Å². The third-order valence-corrected chi connectivity index (χ3v) is 7.67.